The zero-order chi connectivity index (χ0) is 29.0. The van der Waals surface area contributed by atoms with Crippen molar-refractivity contribution in [2.45, 2.75) is 63.8 Å². The fourth-order valence-electron chi connectivity index (χ4n) is 5.56. The molecule has 2 saturated heterocycles. The minimum Gasteiger partial charge on any atom is -0.490 e. The Morgan fingerprint density at radius 3 is 2.20 bits per heavy atom. The first-order valence-electron chi connectivity index (χ1n) is 14.0. The van der Waals surface area contributed by atoms with E-state index in [0.717, 1.165) is 36.9 Å². The standard InChI is InChI=1S/C30H38F3N3O4/c1-3-30(33,4-2)18-35-12-9-19(10-13-35)17-40-26-8-6-21(16-24(26)32)20-5-7-22(23(31)15-20)29(39)36-14-11-25(37)27(36)28(34)38/h5-8,15-16,19,25,27,37H,3-4,9-14,17-18H2,1-2H3,(H2,34,38)/t25-,27-/m0/s1. The third-order valence-corrected chi connectivity index (χ3v) is 8.34. The van der Waals surface area contributed by atoms with Gasteiger partial charge in [0.15, 0.2) is 11.6 Å². The SMILES string of the molecule is CCC(F)(CC)CN1CCC(COc2ccc(-c3ccc(C(=O)N4CC[C@H](O)[C@H]4C(N)=O)c(F)c3)cc2F)CC1. The molecule has 2 atom stereocenters. The third-order valence-electron chi connectivity index (χ3n) is 8.34. The molecule has 218 valence electrons. The largest absolute Gasteiger partial charge is 0.490 e. The maximum atomic E-state index is 15.0. The van der Waals surface area contributed by atoms with Crippen LogP contribution in [0.2, 0.25) is 0 Å². The van der Waals surface area contributed by atoms with Crippen molar-refractivity contribution >= 4 is 11.8 Å². The van der Waals surface area contributed by atoms with Crippen LogP contribution in [0.4, 0.5) is 13.2 Å². The molecule has 2 heterocycles. The molecule has 2 aliphatic heterocycles. The number of nitrogens with zero attached hydrogens (tertiary/aromatic N) is 2. The second kappa shape index (κ2) is 12.6. The van der Waals surface area contributed by atoms with E-state index in [1.807, 2.05) is 13.8 Å². The Balaban J connectivity index is 1.35. The van der Waals surface area contributed by atoms with E-state index < -0.39 is 41.3 Å². The Bertz CT molecular complexity index is 1210. The predicted octanol–water partition coefficient (Wildman–Crippen LogP) is 4.31. The molecule has 0 saturated carbocycles. The number of ether oxygens (including phenoxy) is 1. The average Bonchev–Trinajstić information content (AvgIpc) is 3.34. The number of hydrogen-bond donors (Lipinski definition) is 2. The summed E-state index contributed by atoms with van der Waals surface area (Å²) in [5.41, 5.74) is 4.66. The molecular formula is C30H38F3N3O4. The number of rotatable bonds is 10. The summed E-state index contributed by atoms with van der Waals surface area (Å²) in [5, 5.41) is 9.96. The number of alkyl halides is 1. The molecule has 40 heavy (non-hydrogen) atoms. The van der Waals surface area contributed by atoms with E-state index in [2.05, 4.69) is 4.90 Å². The molecule has 7 nitrogen and oxygen atoms in total. The summed E-state index contributed by atoms with van der Waals surface area (Å²) < 4.78 is 50.3. The lowest BCUT2D eigenvalue weighted by Gasteiger charge is -2.36. The fraction of sp³-hybridized carbons (Fsp3) is 0.533. The van der Waals surface area contributed by atoms with Gasteiger partial charge in [-0.15, -0.1) is 0 Å². The first-order valence-corrected chi connectivity index (χ1v) is 14.0. The van der Waals surface area contributed by atoms with E-state index >= 15 is 0 Å². The maximum Gasteiger partial charge on any atom is 0.257 e. The molecule has 2 fully saturated rings. The van der Waals surface area contributed by atoms with Crippen LogP contribution in [-0.2, 0) is 4.79 Å². The van der Waals surface area contributed by atoms with Crippen molar-refractivity contribution in [3.63, 3.8) is 0 Å². The summed E-state index contributed by atoms with van der Waals surface area (Å²) in [6.45, 7) is 6.20. The van der Waals surface area contributed by atoms with Gasteiger partial charge in [-0.3, -0.25) is 9.59 Å². The number of halogens is 3. The predicted molar refractivity (Wildman–Crippen MR) is 146 cm³/mol. The molecule has 0 bridgehead atoms. The lowest BCUT2D eigenvalue weighted by atomic mass is 9.94. The monoisotopic (exact) mass is 561 g/mol. The van der Waals surface area contributed by atoms with Gasteiger partial charge in [0.05, 0.1) is 18.3 Å². The number of aliphatic hydroxyl groups is 1. The number of aliphatic hydroxyl groups excluding tert-OH is 1. The Labute approximate surface area is 233 Å². The highest BCUT2D eigenvalue weighted by Crippen LogP contribution is 2.30. The molecule has 0 radical (unpaired) electrons. The number of carbonyl (C=O) groups excluding carboxylic acids is 2. The number of likely N-dealkylation sites (tertiary alicyclic amines) is 2. The molecule has 2 aromatic carbocycles. The van der Waals surface area contributed by atoms with Gasteiger partial charge >= 0.3 is 0 Å². The summed E-state index contributed by atoms with van der Waals surface area (Å²) in [6.07, 6.45) is 1.77. The van der Waals surface area contributed by atoms with Crippen molar-refractivity contribution in [2.75, 3.05) is 32.8 Å². The zero-order valence-corrected chi connectivity index (χ0v) is 23.0. The van der Waals surface area contributed by atoms with E-state index in [1.54, 1.807) is 6.07 Å². The topological polar surface area (TPSA) is 96.1 Å². The average molecular weight is 562 g/mol. The molecule has 0 aliphatic carbocycles. The first kappa shape index (κ1) is 29.9. The maximum absolute atomic E-state index is 15.0. The zero-order valence-electron chi connectivity index (χ0n) is 23.0. The highest BCUT2D eigenvalue weighted by Gasteiger charge is 2.40. The van der Waals surface area contributed by atoms with E-state index in [9.17, 15) is 27.9 Å². The van der Waals surface area contributed by atoms with Gasteiger partial charge in [0, 0.05) is 13.1 Å². The van der Waals surface area contributed by atoms with E-state index in [0.29, 0.717) is 37.1 Å². The minimum absolute atomic E-state index is 0.0800. The lowest BCUT2D eigenvalue weighted by Crippen LogP contribution is -2.48. The Kier molecular flexibility index (Phi) is 9.41. The number of carbonyl (C=O) groups is 2. The second-order valence-electron chi connectivity index (χ2n) is 10.9. The Morgan fingerprint density at radius 2 is 1.62 bits per heavy atom. The number of nitrogens with two attached hydrogens (primary N) is 1. The van der Waals surface area contributed by atoms with Crippen molar-refractivity contribution in [2.24, 2.45) is 11.7 Å². The molecule has 0 spiro atoms. The number of primary amides is 1. The van der Waals surface area contributed by atoms with Crippen LogP contribution >= 0.6 is 0 Å². The minimum atomic E-state index is -1.21. The van der Waals surface area contributed by atoms with Crippen LogP contribution in [-0.4, -0.2) is 77.3 Å². The normalized spacial score (nSPS) is 20.6. The van der Waals surface area contributed by atoms with Gasteiger partial charge in [0.2, 0.25) is 5.91 Å². The van der Waals surface area contributed by atoms with Gasteiger partial charge < -0.3 is 25.4 Å². The summed E-state index contributed by atoms with van der Waals surface area (Å²) in [7, 11) is 0. The molecule has 2 aliphatic rings. The molecule has 4 rings (SSSR count). The summed E-state index contributed by atoms with van der Waals surface area (Å²) in [5.74, 6) is -2.67. The van der Waals surface area contributed by atoms with Gasteiger partial charge in [-0.1, -0.05) is 26.0 Å². The van der Waals surface area contributed by atoms with Crippen LogP contribution in [0.25, 0.3) is 11.1 Å². The Morgan fingerprint density at radius 1 is 1.00 bits per heavy atom. The van der Waals surface area contributed by atoms with Crippen LogP contribution < -0.4 is 10.5 Å². The van der Waals surface area contributed by atoms with Crippen LogP contribution in [0.3, 0.4) is 0 Å². The summed E-state index contributed by atoms with van der Waals surface area (Å²) in [6, 6.07) is 7.06. The second-order valence-corrected chi connectivity index (χ2v) is 10.9. The van der Waals surface area contributed by atoms with Gasteiger partial charge in [-0.05, 0) is 86.5 Å². The number of piperidine rings is 1. The fourth-order valence-corrected chi connectivity index (χ4v) is 5.56. The molecule has 2 aromatic rings. The van der Waals surface area contributed by atoms with Gasteiger partial charge in [0.1, 0.15) is 17.5 Å². The molecule has 3 N–H and O–H groups in total. The Hall–Kier alpha value is -3.11. The van der Waals surface area contributed by atoms with Crippen molar-refractivity contribution < 1.29 is 32.6 Å². The van der Waals surface area contributed by atoms with Crippen molar-refractivity contribution in [1.29, 1.82) is 0 Å². The van der Waals surface area contributed by atoms with Crippen LogP contribution in [0.15, 0.2) is 36.4 Å². The van der Waals surface area contributed by atoms with Crippen LogP contribution in [0, 0.1) is 17.6 Å². The highest BCUT2D eigenvalue weighted by molar-refractivity contribution is 5.98. The highest BCUT2D eigenvalue weighted by atomic mass is 19.1. The van der Waals surface area contributed by atoms with Gasteiger partial charge in [0.25, 0.3) is 5.91 Å². The summed E-state index contributed by atoms with van der Waals surface area (Å²) in [4.78, 5) is 27.8. The third kappa shape index (κ3) is 6.61. The van der Waals surface area contributed by atoms with Gasteiger partial charge in [-0.2, -0.15) is 0 Å². The van der Waals surface area contributed by atoms with E-state index in [1.165, 1.54) is 24.3 Å². The number of benzene rings is 2. The van der Waals surface area contributed by atoms with Crippen molar-refractivity contribution in [1.82, 2.24) is 9.80 Å². The molecular weight excluding hydrogens is 523 g/mol. The van der Waals surface area contributed by atoms with Crippen molar-refractivity contribution in [3.05, 3.63) is 53.6 Å². The van der Waals surface area contributed by atoms with E-state index in [-0.39, 0.29) is 30.2 Å². The number of amides is 2. The first-order chi connectivity index (χ1) is 19.0. The van der Waals surface area contributed by atoms with Crippen LogP contribution in [0.5, 0.6) is 5.75 Å². The van der Waals surface area contributed by atoms with Crippen molar-refractivity contribution in [3.8, 4) is 16.9 Å². The quantitative estimate of drug-likeness (QED) is 0.451. The summed E-state index contributed by atoms with van der Waals surface area (Å²) >= 11 is 0. The molecule has 10 heteroatoms. The van der Waals surface area contributed by atoms with E-state index in [4.69, 9.17) is 10.5 Å². The van der Waals surface area contributed by atoms with Crippen LogP contribution in [0.1, 0.15) is 56.3 Å². The number of hydrogen-bond acceptors (Lipinski definition) is 5. The molecule has 2 amide bonds. The molecule has 0 aromatic heterocycles. The smallest absolute Gasteiger partial charge is 0.257 e. The van der Waals surface area contributed by atoms with Gasteiger partial charge in [-0.25, -0.2) is 13.2 Å². The molecule has 0 unspecified atom stereocenters. The lowest BCUT2D eigenvalue weighted by molar-refractivity contribution is -0.124.